The molecule has 0 amide bonds. The minimum absolute atomic E-state index is 0.604. The Kier molecular flexibility index (Phi) is 6.27. The molecule has 55 heavy (non-hydrogen) atoms. The van der Waals surface area contributed by atoms with E-state index in [9.17, 15) is 0 Å². The highest BCUT2D eigenvalue weighted by molar-refractivity contribution is 6.17. The van der Waals surface area contributed by atoms with E-state index < -0.39 is 0 Å². The van der Waals surface area contributed by atoms with Crippen molar-refractivity contribution in [2.75, 3.05) is 0 Å². The quantitative estimate of drug-likeness (QED) is 0.182. The molecule has 4 aromatic heterocycles. The maximum atomic E-state index is 6.69. The van der Waals surface area contributed by atoms with Crippen LogP contribution in [0.15, 0.2) is 183 Å². The summed E-state index contributed by atoms with van der Waals surface area (Å²) in [6, 6.07) is 58.5. The molecule has 0 atom stereocenters. The van der Waals surface area contributed by atoms with Crippen molar-refractivity contribution < 1.29 is 13.3 Å². The van der Waals surface area contributed by atoms with Crippen molar-refractivity contribution in [3.8, 4) is 44.9 Å². The molecule has 0 saturated carbocycles. The van der Waals surface area contributed by atoms with Crippen LogP contribution in [0.2, 0.25) is 0 Å². The second-order valence-corrected chi connectivity index (χ2v) is 14.1. The number of nitrogens with zero attached hydrogens (tertiary/aromatic N) is 2. The number of para-hydroxylation sites is 4. The maximum Gasteiger partial charge on any atom is 0.180 e. The highest BCUT2D eigenvalue weighted by Gasteiger charge is 2.23. The molecule has 0 radical (unpaired) electrons. The lowest BCUT2D eigenvalue weighted by Gasteiger charge is -2.11. The predicted octanol–water partition coefficient (Wildman–Crippen LogP) is 14.0. The molecule has 256 valence electrons. The van der Waals surface area contributed by atoms with Crippen molar-refractivity contribution in [3.05, 3.63) is 170 Å². The number of rotatable bonds is 4. The van der Waals surface area contributed by atoms with E-state index in [0.29, 0.717) is 11.4 Å². The Labute approximate surface area is 313 Å². The van der Waals surface area contributed by atoms with Crippen LogP contribution in [0.4, 0.5) is 0 Å². The highest BCUT2D eigenvalue weighted by atomic mass is 16.3. The van der Waals surface area contributed by atoms with Crippen molar-refractivity contribution >= 4 is 76.7 Å². The van der Waals surface area contributed by atoms with Crippen LogP contribution in [0.25, 0.3) is 122 Å². The first-order chi connectivity index (χ1) is 27.2. The average molecular weight is 705 g/mol. The van der Waals surface area contributed by atoms with E-state index >= 15 is 0 Å². The second kappa shape index (κ2) is 11.5. The summed E-state index contributed by atoms with van der Waals surface area (Å²) < 4.78 is 19.6. The average Bonchev–Trinajstić information content (AvgIpc) is 3.95. The molecular weight excluding hydrogens is 677 g/mol. The first-order valence-corrected chi connectivity index (χ1v) is 18.4. The van der Waals surface area contributed by atoms with E-state index in [2.05, 4.69) is 121 Å². The molecule has 0 aliphatic heterocycles. The van der Waals surface area contributed by atoms with Crippen molar-refractivity contribution in [1.82, 2.24) is 9.97 Å². The zero-order valence-electron chi connectivity index (χ0n) is 29.3. The Morgan fingerprint density at radius 3 is 1.76 bits per heavy atom. The minimum atomic E-state index is 0.604. The predicted molar refractivity (Wildman–Crippen MR) is 223 cm³/mol. The summed E-state index contributed by atoms with van der Waals surface area (Å²) in [4.78, 5) is 10.6. The van der Waals surface area contributed by atoms with E-state index in [1.807, 2.05) is 48.5 Å². The van der Waals surface area contributed by atoms with Gasteiger partial charge in [0, 0.05) is 49.2 Å². The third-order valence-electron chi connectivity index (χ3n) is 10.9. The van der Waals surface area contributed by atoms with E-state index in [1.54, 1.807) is 0 Å². The maximum absolute atomic E-state index is 6.69. The van der Waals surface area contributed by atoms with Crippen LogP contribution in [0.1, 0.15) is 0 Å². The molecule has 8 aromatic carbocycles. The summed E-state index contributed by atoms with van der Waals surface area (Å²) in [7, 11) is 0. The van der Waals surface area contributed by atoms with E-state index in [-0.39, 0.29) is 0 Å². The fraction of sp³-hybridized carbons (Fsp3) is 0. The van der Waals surface area contributed by atoms with Gasteiger partial charge in [0.1, 0.15) is 39.1 Å². The van der Waals surface area contributed by atoms with Gasteiger partial charge in [-0.1, -0.05) is 127 Å². The van der Waals surface area contributed by atoms with Gasteiger partial charge >= 0.3 is 0 Å². The molecule has 5 nitrogen and oxygen atoms in total. The SMILES string of the molecule is c1ccc2cc(-c3ccc(-c4nc(-c5ccc(-c6cccc7c6oc6ccccc67)cc5)c5oc6ccccc6c5n4)c4c3oc3ccccc34)ccc2c1. The summed E-state index contributed by atoms with van der Waals surface area (Å²) in [5, 5.41) is 7.53. The number of hydrogen-bond donors (Lipinski definition) is 0. The molecule has 5 heteroatoms. The van der Waals surface area contributed by atoms with Gasteiger partial charge in [-0.25, -0.2) is 9.97 Å². The van der Waals surface area contributed by atoms with Crippen molar-refractivity contribution in [2.24, 2.45) is 0 Å². The topological polar surface area (TPSA) is 65.2 Å². The van der Waals surface area contributed by atoms with Crippen LogP contribution in [0.5, 0.6) is 0 Å². The molecule has 12 aromatic rings. The monoisotopic (exact) mass is 704 g/mol. The zero-order valence-corrected chi connectivity index (χ0v) is 29.3. The molecule has 0 aliphatic rings. The van der Waals surface area contributed by atoms with Gasteiger partial charge in [0.05, 0.1) is 0 Å². The van der Waals surface area contributed by atoms with E-state index in [1.165, 1.54) is 10.8 Å². The number of aromatic nitrogens is 2. The van der Waals surface area contributed by atoms with Crippen LogP contribution in [-0.2, 0) is 0 Å². The Bertz CT molecular complexity index is 3500. The van der Waals surface area contributed by atoms with Crippen LogP contribution >= 0.6 is 0 Å². The van der Waals surface area contributed by atoms with Gasteiger partial charge in [0.25, 0.3) is 0 Å². The van der Waals surface area contributed by atoms with Crippen molar-refractivity contribution in [1.29, 1.82) is 0 Å². The van der Waals surface area contributed by atoms with Crippen LogP contribution in [0, 0.1) is 0 Å². The second-order valence-electron chi connectivity index (χ2n) is 14.1. The van der Waals surface area contributed by atoms with Crippen molar-refractivity contribution in [3.63, 3.8) is 0 Å². The lowest BCUT2D eigenvalue weighted by molar-refractivity contribution is 0.667. The molecule has 0 fully saturated rings. The van der Waals surface area contributed by atoms with Crippen molar-refractivity contribution in [2.45, 2.75) is 0 Å². The number of furan rings is 3. The van der Waals surface area contributed by atoms with E-state index in [0.717, 1.165) is 99.4 Å². The standard InChI is InChI=1S/C50H28N2O3/c1-2-11-32-28-33(25-20-29(32)10-1)35-26-27-40(44-38-13-4-7-18-42(38)54-48(35)44)50-51-45(49-46(52-50)39-14-5-8-19-43(39)55-49)31-23-21-30(22-24-31)34-15-9-16-37-36-12-3-6-17-41(36)53-47(34)37/h1-28H. The molecule has 4 heterocycles. The van der Waals surface area contributed by atoms with Crippen LogP contribution in [0.3, 0.4) is 0 Å². The van der Waals surface area contributed by atoms with Gasteiger partial charge in [-0.15, -0.1) is 0 Å². The number of benzene rings is 8. The minimum Gasteiger partial charge on any atom is -0.455 e. The van der Waals surface area contributed by atoms with Gasteiger partial charge in [-0.3, -0.25) is 0 Å². The number of hydrogen-bond acceptors (Lipinski definition) is 5. The summed E-state index contributed by atoms with van der Waals surface area (Å²) >= 11 is 0. The smallest absolute Gasteiger partial charge is 0.180 e. The molecule has 0 N–H and O–H groups in total. The molecule has 0 unspecified atom stereocenters. The molecule has 0 saturated heterocycles. The summed E-state index contributed by atoms with van der Waals surface area (Å²) in [6.07, 6.45) is 0. The molecule has 0 aliphatic carbocycles. The zero-order chi connectivity index (χ0) is 36.0. The van der Waals surface area contributed by atoms with Gasteiger partial charge in [-0.2, -0.15) is 0 Å². The third-order valence-corrected chi connectivity index (χ3v) is 10.9. The third kappa shape index (κ3) is 4.53. The lowest BCUT2D eigenvalue weighted by atomic mass is 9.96. The Hall–Kier alpha value is -7.50. The van der Waals surface area contributed by atoms with Gasteiger partial charge in [0.15, 0.2) is 11.4 Å². The fourth-order valence-corrected chi connectivity index (χ4v) is 8.29. The Balaban J connectivity index is 1.07. The first kappa shape index (κ1) is 30.0. The largest absolute Gasteiger partial charge is 0.455 e. The van der Waals surface area contributed by atoms with Crippen LogP contribution in [-0.4, -0.2) is 9.97 Å². The normalized spacial score (nSPS) is 12.0. The highest BCUT2D eigenvalue weighted by Crippen LogP contribution is 2.44. The summed E-state index contributed by atoms with van der Waals surface area (Å²) in [5.74, 6) is 0.604. The summed E-state index contributed by atoms with van der Waals surface area (Å²) in [5.41, 5.74) is 12.3. The first-order valence-electron chi connectivity index (χ1n) is 18.4. The Morgan fingerprint density at radius 2 is 0.927 bits per heavy atom. The van der Waals surface area contributed by atoms with Gasteiger partial charge < -0.3 is 13.3 Å². The van der Waals surface area contributed by atoms with Crippen LogP contribution < -0.4 is 0 Å². The molecular formula is C50H28N2O3. The van der Waals surface area contributed by atoms with Gasteiger partial charge in [0.2, 0.25) is 0 Å². The van der Waals surface area contributed by atoms with E-state index in [4.69, 9.17) is 23.2 Å². The molecule has 0 spiro atoms. The lowest BCUT2D eigenvalue weighted by Crippen LogP contribution is -1.95. The fourth-order valence-electron chi connectivity index (χ4n) is 8.29. The van der Waals surface area contributed by atoms with Gasteiger partial charge in [-0.05, 0) is 64.4 Å². The number of fused-ring (bicyclic) bond motifs is 10. The summed E-state index contributed by atoms with van der Waals surface area (Å²) in [6.45, 7) is 0. The molecule has 0 bridgehead atoms. The molecule has 12 rings (SSSR count). The Morgan fingerprint density at radius 1 is 0.345 bits per heavy atom.